The number of anilines is 1. The highest BCUT2D eigenvalue weighted by Gasteiger charge is 2.22. The van der Waals surface area contributed by atoms with E-state index >= 15 is 0 Å². The second-order valence-corrected chi connectivity index (χ2v) is 3.56. The first-order chi connectivity index (χ1) is 7.20. The number of nitrogens with zero attached hydrogens (tertiary/aromatic N) is 1. The fraction of sp³-hybridized carbons (Fsp3) is 0.400. The van der Waals surface area contributed by atoms with E-state index in [9.17, 15) is 10.1 Å². The van der Waals surface area contributed by atoms with Crippen LogP contribution in [-0.4, -0.2) is 18.1 Å². The number of methoxy groups -OCH3 is 1. The van der Waals surface area contributed by atoms with Crippen LogP contribution in [-0.2, 0) is 0 Å². The molecule has 0 radical (unpaired) electrons. The van der Waals surface area contributed by atoms with Crippen LogP contribution in [0.1, 0.15) is 12.8 Å². The van der Waals surface area contributed by atoms with Gasteiger partial charge in [-0.25, -0.2) is 0 Å². The SMILES string of the molecule is COc1cc(NC2CC2)ccc1[N+](=O)[O-]. The molecule has 0 aliphatic heterocycles. The van der Waals surface area contributed by atoms with Gasteiger partial charge in [0.1, 0.15) is 0 Å². The molecule has 2 rings (SSSR count). The molecule has 5 heteroatoms. The van der Waals surface area contributed by atoms with E-state index in [-0.39, 0.29) is 5.69 Å². The lowest BCUT2D eigenvalue weighted by Gasteiger charge is -2.06. The topological polar surface area (TPSA) is 64.4 Å². The molecule has 0 atom stereocenters. The van der Waals surface area contributed by atoms with E-state index in [1.54, 1.807) is 12.1 Å². The van der Waals surface area contributed by atoms with E-state index in [1.165, 1.54) is 26.0 Å². The summed E-state index contributed by atoms with van der Waals surface area (Å²) < 4.78 is 4.97. The first kappa shape index (κ1) is 9.76. The Bertz CT molecular complexity index is 388. The van der Waals surface area contributed by atoms with Crippen molar-refractivity contribution in [3.8, 4) is 5.75 Å². The lowest BCUT2D eigenvalue weighted by molar-refractivity contribution is -0.385. The minimum Gasteiger partial charge on any atom is -0.490 e. The Morgan fingerprint density at radius 1 is 1.53 bits per heavy atom. The molecule has 80 valence electrons. The predicted molar refractivity (Wildman–Crippen MR) is 56.3 cm³/mol. The van der Waals surface area contributed by atoms with Crippen molar-refractivity contribution in [2.45, 2.75) is 18.9 Å². The van der Waals surface area contributed by atoms with Crippen molar-refractivity contribution in [3.63, 3.8) is 0 Å². The van der Waals surface area contributed by atoms with Crippen molar-refractivity contribution in [2.75, 3.05) is 12.4 Å². The Morgan fingerprint density at radius 2 is 2.27 bits per heavy atom. The van der Waals surface area contributed by atoms with E-state index in [0.717, 1.165) is 5.69 Å². The fourth-order valence-electron chi connectivity index (χ4n) is 1.38. The molecule has 1 saturated carbocycles. The van der Waals surface area contributed by atoms with Gasteiger partial charge in [0.25, 0.3) is 0 Å². The number of nitro benzene ring substituents is 1. The van der Waals surface area contributed by atoms with Gasteiger partial charge in [-0.1, -0.05) is 0 Å². The summed E-state index contributed by atoms with van der Waals surface area (Å²) in [5, 5.41) is 13.9. The predicted octanol–water partition coefficient (Wildman–Crippen LogP) is 2.18. The Hall–Kier alpha value is -1.78. The zero-order valence-electron chi connectivity index (χ0n) is 8.40. The first-order valence-electron chi connectivity index (χ1n) is 4.79. The summed E-state index contributed by atoms with van der Waals surface area (Å²) in [6, 6.07) is 5.36. The molecule has 15 heavy (non-hydrogen) atoms. The molecule has 0 unspecified atom stereocenters. The quantitative estimate of drug-likeness (QED) is 0.608. The molecule has 0 saturated heterocycles. The van der Waals surface area contributed by atoms with Gasteiger partial charge in [0.2, 0.25) is 0 Å². The van der Waals surface area contributed by atoms with Crippen LogP contribution in [0.2, 0.25) is 0 Å². The molecule has 0 heterocycles. The maximum absolute atomic E-state index is 10.6. The molecule has 5 nitrogen and oxygen atoms in total. The number of nitrogens with one attached hydrogen (secondary N) is 1. The van der Waals surface area contributed by atoms with Gasteiger partial charge in [0.15, 0.2) is 5.75 Å². The molecule has 1 aliphatic carbocycles. The number of ether oxygens (including phenoxy) is 1. The van der Waals surface area contributed by atoms with E-state index in [1.807, 2.05) is 0 Å². The Morgan fingerprint density at radius 3 is 2.80 bits per heavy atom. The number of nitro groups is 1. The molecule has 1 aliphatic rings. The van der Waals surface area contributed by atoms with Gasteiger partial charge >= 0.3 is 5.69 Å². The van der Waals surface area contributed by atoms with Crippen LogP contribution in [0, 0.1) is 10.1 Å². The van der Waals surface area contributed by atoms with Crippen LogP contribution >= 0.6 is 0 Å². The third kappa shape index (κ3) is 2.18. The Balaban J connectivity index is 2.24. The van der Waals surface area contributed by atoms with Gasteiger partial charge in [-0.15, -0.1) is 0 Å². The largest absolute Gasteiger partial charge is 0.490 e. The van der Waals surface area contributed by atoms with E-state index in [4.69, 9.17) is 4.74 Å². The van der Waals surface area contributed by atoms with Gasteiger partial charge in [-0.05, 0) is 18.9 Å². The van der Waals surface area contributed by atoms with Crippen LogP contribution in [0.25, 0.3) is 0 Å². The van der Waals surface area contributed by atoms with Crippen LogP contribution < -0.4 is 10.1 Å². The second kappa shape index (κ2) is 3.76. The van der Waals surface area contributed by atoms with Crippen LogP contribution in [0.3, 0.4) is 0 Å². The maximum atomic E-state index is 10.6. The average Bonchev–Trinajstić information content (AvgIpc) is 3.01. The number of hydrogen-bond donors (Lipinski definition) is 1. The Labute approximate surface area is 87.2 Å². The summed E-state index contributed by atoms with van der Waals surface area (Å²) in [6.45, 7) is 0. The summed E-state index contributed by atoms with van der Waals surface area (Å²) in [4.78, 5) is 10.2. The van der Waals surface area contributed by atoms with Gasteiger partial charge in [-0.3, -0.25) is 10.1 Å². The van der Waals surface area contributed by atoms with Crippen molar-refractivity contribution in [2.24, 2.45) is 0 Å². The fourth-order valence-corrected chi connectivity index (χ4v) is 1.38. The lowest BCUT2D eigenvalue weighted by Crippen LogP contribution is -2.01. The first-order valence-corrected chi connectivity index (χ1v) is 4.79. The van der Waals surface area contributed by atoms with Gasteiger partial charge in [0, 0.05) is 23.9 Å². The molecule has 0 aromatic heterocycles. The summed E-state index contributed by atoms with van der Waals surface area (Å²) >= 11 is 0. The smallest absolute Gasteiger partial charge is 0.311 e. The molecule has 0 spiro atoms. The number of hydrogen-bond acceptors (Lipinski definition) is 4. The molecule has 1 aromatic carbocycles. The monoisotopic (exact) mass is 208 g/mol. The van der Waals surface area contributed by atoms with Crippen LogP contribution in [0.5, 0.6) is 5.75 Å². The minimum atomic E-state index is -0.445. The van der Waals surface area contributed by atoms with Crippen molar-refractivity contribution in [1.82, 2.24) is 0 Å². The summed E-state index contributed by atoms with van der Waals surface area (Å²) in [5.41, 5.74) is 0.874. The number of rotatable bonds is 4. The lowest BCUT2D eigenvalue weighted by atomic mass is 10.2. The molecule has 0 amide bonds. The van der Waals surface area contributed by atoms with Crippen molar-refractivity contribution in [3.05, 3.63) is 28.3 Å². The normalized spacial score (nSPS) is 14.7. The Kier molecular flexibility index (Phi) is 2.45. The molecule has 1 aromatic rings. The molecule has 1 N–H and O–H groups in total. The highest BCUT2D eigenvalue weighted by atomic mass is 16.6. The standard InChI is InChI=1S/C10H12N2O3/c1-15-10-6-8(11-7-2-3-7)4-5-9(10)12(13)14/h4-7,11H,2-3H2,1H3. The third-order valence-corrected chi connectivity index (χ3v) is 2.32. The van der Waals surface area contributed by atoms with Crippen LogP contribution in [0.15, 0.2) is 18.2 Å². The van der Waals surface area contributed by atoms with E-state index in [2.05, 4.69) is 5.32 Å². The van der Waals surface area contributed by atoms with Crippen molar-refractivity contribution < 1.29 is 9.66 Å². The molecule has 0 bridgehead atoms. The summed E-state index contributed by atoms with van der Waals surface area (Å²) in [6.07, 6.45) is 2.33. The van der Waals surface area contributed by atoms with Crippen molar-refractivity contribution >= 4 is 11.4 Å². The van der Waals surface area contributed by atoms with Crippen molar-refractivity contribution in [1.29, 1.82) is 0 Å². The highest BCUT2D eigenvalue weighted by Crippen LogP contribution is 2.32. The number of benzene rings is 1. The van der Waals surface area contributed by atoms with Crippen LogP contribution in [0.4, 0.5) is 11.4 Å². The average molecular weight is 208 g/mol. The van der Waals surface area contributed by atoms with Gasteiger partial charge < -0.3 is 10.1 Å². The maximum Gasteiger partial charge on any atom is 0.311 e. The second-order valence-electron chi connectivity index (χ2n) is 3.56. The molecular formula is C10H12N2O3. The van der Waals surface area contributed by atoms with Gasteiger partial charge in [0.05, 0.1) is 12.0 Å². The summed E-state index contributed by atoms with van der Waals surface area (Å²) in [5.74, 6) is 0.297. The van der Waals surface area contributed by atoms with E-state index < -0.39 is 4.92 Å². The van der Waals surface area contributed by atoms with E-state index in [0.29, 0.717) is 11.8 Å². The third-order valence-electron chi connectivity index (χ3n) is 2.32. The van der Waals surface area contributed by atoms with Gasteiger partial charge in [-0.2, -0.15) is 0 Å². The molecular weight excluding hydrogens is 196 g/mol. The highest BCUT2D eigenvalue weighted by molar-refractivity contribution is 5.58. The zero-order chi connectivity index (χ0) is 10.8. The minimum absolute atomic E-state index is 0.00107. The zero-order valence-corrected chi connectivity index (χ0v) is 8.40. The molecule has 1 fully saturated rings. The summed E-state index contributed by atoms with van der Waals surface area (Å²) in [7, 11) is 1.43.